The van der Waals surface area contributed by atoms with Gasteiger partial charge in [0.05, 0.1) is 0 Å². The summed E-state index contributed by atoms with van der Waals surface area (Å²) >= 11 is 0. The van der Waals surface area contributed by atoms with Crippen LogP contribution in [-0.2, 0) is 0 Å². The lowest BCUT2D eigenvalue weighted by Crippen LogP contribution is -2.35. The summed E-state index contributed by atoms with van der Waals surface area (Å²) < 4.78 is 5.42. The van der Waals surface area contributed by atoms with Gasteiger partial charge in [0.25, 0.3) is 11.5 Å². The van der Waals surface area contributed by atoms with Crippen molar-refractivity contribution >= 4 is 5.91 Å². The highest BCUT2D eigenvalue weighted by molar-refractivity contribution is 5.95. The summed E-state index contributed by atoms with van der Waals surface area (Å²) in [4.78, 5) is 38.4. The van der Waals surface area contributed by atoms with Gasteiger partial charge in [0.15, 0.2) is 0 Å². The second-order valence-electron chi connectivity index (χ2n) is 6.67. The number of rotatable bonds is 3. The Bertz CT molecular complexity index is 1040. The van der Waals surface area contributed by atoms with Crippen molar-refractivity contribution in [3.05, 3.63) is 63.5 Å². The van der Waals surface area contributed by atoms with Crippen LogP contribution in [0.1, 0.15) is 46.4 Å². The summed E-state index contributed by atoms with van der Waals surface area (Å²) in [6, 6.07) is 6.90. The van der Waals surface area contributed by atoms with E-state index >= 15 is 0 Å². The van der Waals surface area contributed by atoms with Gasteiger partial charge in [-0.05, 0) is 50.5 Å². The molecule has 1 aliphatic rings. The molecule has 8 heteroatoms. The summed E-state index contributed by atoms with van der Waals surface area (Å²) in [5, 5.41) is 3.99. The van der Waals surface area contributed by atoms with Crippen LogP contribution in [0, 0.1) is 13.8 Å². The topological polar surface area (TPSA) is 105 Å². The zero-order valence-corrected chi connectivity index (χ0v) is 15.1. The summed E-state index contributed by atoms with van der Waals surface area (Å²) in [7, 11) is 0. The van der Waals surface area contributed by atoms with Crippen LogP contribution in [0.15, 0.2) is 39.8 Å². The number of nitrogens with one attached hydrogen (secondary N) is 1. The predicted octanol–water partition coefficient (Wildman–Crippen LogP) is 2.41. The standard InChI is InChI=1S/C19H19N5O3/c1-11-10-12(2)21-17(25)15(11)19(26)24-9-5-7-14(24)18-22-16(23-27-18)13-6-3-4-8-20-13/h3-4,6,8,10,14H,5,7,9H2,1-2H3,(H,21,25)/t14-/m1/s1. The summed E-state index contributed by atoms with van der Waals surface area (Å²) in [6.45, 7) is 4.10. The Labute approximate surface area is 155 Å². The van der Waals surface area contributed by atoms with Gasteiger partial charge in [-0.25, -0.2) is 0 Å². The molecular weight excluding hydrogens is 346 g/mol. The highest BCUT2D eigenvalue weighted by Gasteiger charge is 2.36. The van der Waals surface area contributed by atoms with E-state index in [4.69, 9.17) is 4.52 Å². The first-order valence-electron chi connectivity index (χ1n) is 8.81. The van der Waals surface area contributed by atoms with Crippen LogP contribution in [0.2, 0.25) is 0 Å². The van der Waals surface area contributed by atoms with Crippen molar-refractivity contribution < 1.29 is 9.32 Å². The van der Waals surface area contributed by atoms with Crippen molar-refractivity contribution in [2.24, 2.45) is 0 Å². The average Bonchev–Trinajstić information content (AvgIpc) is 3.31. The van der Waals surface area contributed by atoms with Crippen molar-refractivity contribution in [3.8, 4) is 11.5 Å². The fraction of sp³-hybridized carbons (Fsp3) is 0.316. The second kappa shape index (κ2) is 6.79. The van der Waals surface area contributed by atoms with Gasteiger partial charge in [-0.2, -0.15) is 4.98 Å². The molecule has 8 nitrogen and oxygen atoms in total. The lowest BCUT2D eigenvalue weighted by atomic mass is 10.1. The van der Waals surface area contributed by atoms with Crippen molar-refractivity contribution in [2.75, 3.05) is 6.54 Å². The van der Waals surface area contributed by atoms with Gasteiger partial charge in [-0.3, -0.25) is 14.6 Å². The largest absolute Gasteiger partial charge is 0.337 e. The van der Waals surface area contributed by atoms with E-state index in [-0.39, 0.29) is 23.1 Å². The molecule has 4 heterocycles. The Hall–Kier alpha value is -3.29. The summed E-state index contributed by atoms with van der Waals surface area (Å²) in [5.74, 6) is 0.436. The van der Waals surface area contributed by atoms with Crippen LogP contribution in [0.3, 0.4) is 0 Å². The third-order valence-electron chi connectivity index (χ3n) is 4.71. The average molecular weight is 365 g/mol. The van der Waals surface area contributed by atoms with Gasteiger partial charge >= 0.3 is 0 Å². The van der Waals surface area contributed by atoms with Gasteiger partial charge in [-0.15, -0.1) is 0 Å². The highest BCUT2D eigenvalue weighted by atomic mass is 16.5. The van der Waals surface area contributed by atoms with E-state index in [1.54, 1.807) is 37.1 Å². The normalized spacial score (nSPS) is 16.7. The maximum absolute atomic E-state index is 13.1. The van der Waals surface area contributed by atoms with E-state index in [2.05, 4.69) is 20.1 Å². The highest BCUT2D eigenvalue weighted by Crippen LogP contribution is 2.33. The summed E-state index contributed by atoms with van der Waals surface area (Å²) in [6.07, 6.45) is 3.17. The third kappa shape index (κ3) is 3.14. The first-order valence-corrected chi connectivity index (χ1v) is 8.81. The number of amides is 1. The Balaban J connectivity index is 1.65. The number of hydrogen-bond acceptors (Lipinski definition) is 6. The van der Waals surface area contributed by atoms with E-state index in [0.29, 0.717) is 35.9 Å². The zero-order valence-electron chi connectivity index (χ0n) is 15.1. The fourth-order valence-electron chi connectivity index (χ4n) is 3.50. The minimum Gasteiger partial charge on any atom is -0.337 e. The number of aryl methyl sites for hydroxylation is 2. The van der Waals surface area contributed by atoms with Crippen LogP contribution in [0.5, 0.6) is 0 Å². The molecule has 138 valence electrons. The quantitative estimate of drug-likeness (QED) is 0.764. The molecule has 1 atom stereocenters. The lowest BCUT2D eigenvalue weighted by molar-refractivity contribution is 0.0707. The number of carbonyl (C=O) groups excluding carboxylic acids is 1. The van der Waals surface area contributed by atoms with Gasteiger partial charge < -0.3 is 14.4 Å². The Morgan fingerprint density at radius 3 is 2.93 bits per heavy atom. The first kappa shape index (κ1) is 17.1. The van der Waals surface area contributed by atoms with Crippen molar-refractivity contribution in [3.63, 3.8) is 0 Å². The van der Waals surface area contributed by atoms with Gasteiger partial charge in [0.1, 0.15) is 17.3 Å². The molecule has 0 radical (unpaired) electrons. The molecule has 0 bridgehead atoms. The molecule has 27 heavy (non-hydrogen) atoms. The minimum atomic E-state index is -0.372. The van der Waals surface area contributed by atoms with E-state index in [1.807, 2.05) is 12.1 Å². The molecule has 4 rings (SSSR count). The number of carbonyl (C=O) groups is 1. The van der Waals surface area contributed by atoms with E-state index in [9.17, 15) is 9.59 Å². The van der Waals surface area contributed by atoms with Crippen molar-refractivity contribution in [1.82, 2.24) is 25.0 Å². The van der Waals surface area contributed by atoms with E-state index < -0.39 is 0 Å². The Kier molecular flexibility index (Phi) is 4.31. The maximum atomic E-state index is 13.1. The first-order chi connectivity index (χ1) is 13.0. The second-order valence-corrected chi connectivity index (χ2v) is 6.67. The monoisotopic (exact) mass is 365 g/mol. The zero-order chi connectivity index (χ0) is 19.0. The summed E-state index contributed by atoms with van der Waals surface area (Å²) in [5.41, 5.74) is 1.78. The number of likely N-dealkylation sites (tertiary alicyclic amines) is 1. The lowest BCUT2D eigenvalue weighted by Gasteiger charge is -2.22. The molecule has 3 aromatic rings. The van der Waals surface area contributed by atoms with Crippen LogP contribution in [0.25, 0.3) is 11.5 Å². The van der Waals surface area contributed by atoms with Gasteiger partial charge in [0, 0.05) is 18.4 Å². The molecule has 0 unspecified atom stereocenters. The minimum absolute atomic E-state index is 0.164. The third-order valence-corrected chi connectivity index (χ3v) is 4.71. The molecule has 1 N–H and O–H groups in total. The molecule has 0 aromatic carbocycles. The smallest absolute Gasteiger partial charge is 0.261 e. The molecule has 1 aliphatic heterocycles. The molecule has 0 saturated carbocycles. The molecule has 0 spiro atoms. The number of aromatic nitrogens is 4. The molecule has 0 aliphatic carbocycles. The predicted molar refractivity (Wildman–Crippen MR) is 97.1 cm³/mol. The van der Waals surface area contributed by atoms with Gasteiger partial charge in [0.2, 0.25) is 11.7 Å². The molecular formula is C19H19N5O3. The van der Waals surface area contributed by atoms with Gasteiger partial charge in [-0.1, -0.05) is 11.2 Å². The SMILES string of the molecule is Cc1cc(C)c(C(=O)N2CCC[C@@H]2c2nc(-c3ccccn3)no2)c(=O)[nH]1. The van der Waals surface area contributed by atoms with Crippen molar-refractivity contribution in [2.45, 2.75) is 32.7 Å². The number of pyridine rings is 2. The van der Waals surface area contributed by atoms with Crippen LogP contribution >= 0.6 is 0 Å². The van der Waals surface area contributed by atoms with Crippen LogP contribution < -0.4 is 5.56 Å². The van der Waals surface area contributed by atoms with Crippen LogP contribution in [0.4, 0.5) is 0 Å². The molecule has 1 fully saturated rings. The van der Waals surface area contributed by atoms with Crippen molar-refractivity contribution in [1.29, 1.82) is 0 Å². The number of hydrogen-bond donors (Lipinski definition) is 1. The molecule has 1 amide bonds. The van der Waals surface area contributed by atoms with E-state index in [1.165, 1.54) is 0 Å². The Morgan fingerprint density at radius 2 is 2.19 bits per heavy atom. The molecule has 1 saturated heterocycles. The number of H-pyrrole nitrogens is 1. The number of nitrogens with zero attached hydrogens (tertiary/aromatic N) is 4. The number of aromatic amines is 1. The Morgan fingerprint density at radius 1 is 1.33 bits per heavy atom. The fourth-order valence-corrected chi connectivity index (χ4v) is 3.50. The van der Waals surface area contributed by atoms with Crippen LogP contribution in [-0.4, -0.2) is 37.5 Å². The van der Waals surface area contributed by atoms with E-state index in [0.717, 1.165) is 12.1 Å². The maximum Gasteiger partial charge on any atom is 0.261 e. The molecule has 3 aromatic heterocycles.